The Hall–Kier alpha value is -0.900. The predicted molar refractivity (Wildman–Crippen MR) is 134 cm³/mol. The first-order valence-corrected chi connectivity index (χ1v) is 11.3. The lowest BCUT2D eigenvalue weighted by Gasteiger charge is -2.20. The van der Waals surface area contributed by atoms with Gasteiger partial charge in [0, 0.05) is 39.9 Å². The molecule has 0 amide bonds. The SMILES string of the molecule is CN=C(NCCCOC1CCOC1)NCc1cccc(CN2CCCCCC2)c1.I. The maximum Gasteiger partial charge on any atom is 0.191 e. The molecule has 170 valence electrons. The number of aliphatic imine (C=N–C) groups is 1. The Morgan fingerprint density at radius 1 is 1.17 bits per heavy atom. The molecule has 0 spiro atoms. The zero-order chi connectivity index (χ0) is 20.2. The zero-order valence-electron chi connectivity index (χ0n) is 18.4. The number of guanidine groups is 1. The smallest absolute Gasteiger partial charge is 0.191 e. The minimum atomic E-state index is 0. The minimum absolute atomic E-state index is 0. The van der Waals surface area contributed by atoms with Gasteiger partial charge in [0.05, 0.1) is 12.7 Å². The van der Waals surface area contributed by atoms with Crippen molar-refractivity contribution in [2.45, 2.75) is 57.7 Å². The molecule has 2 aliphatic heterocycles. The maximum absolute atomic E-state index is 5.80. The van der Waals surface area contributed by atoms with Crippen LogP contribution in [-0.2, 0) is 22.6 Å². The second kappa shape index (κ2) is 15.0. The Bertz CT molecular complexity index is 615. The Balaban J connectivity index is 0.00000320. The molecule has 0 bridgehead atoms. The third-order valence-corrected chi connectivity index (χ3v) is 5.63. The van der Waals surface area contributed by atoms with Gasteiger partial charge in [-0.15, -0.1) is 24.0 Å². The summed E-state index contributed by atoms with van der Waals surface area (Å²) in [4.78, 5) is 6.93. The van der Waals surface area contributed by atoms with Crippen LogP contribution in [0.25, 0.3) is 0 Å². The van der Waals surface area contributed by atoms with Crippen LogP contribution >= 0.6 is 24.0 Å². The molecule has 0 radical (unpaired) electrons. The summed E-state index contributed by atoms with van der Waals surface area (Å²) >= 11 is 0. The van der Waals surface area contributed by atoms with Gasteiger partial charge >= 0.3 is 0 Å². The molecule has 7 heteroatoms. The lowest BCUT2D eigenvalue weighted by atomic mass is 10.1. The van der Waals surface area contributed by atoms with Crippen LogP contribution in [0, 0.1) is 0 Å². The molecule has 1 aromatic carbocycles. The molecule has 0 aliphatic carbocycles. The van der Waals surface area contributed by atoms with Gasteiger partial charge in [0.1, 0.15) is 0 Å². The highest BCUT2D eigenvalue weighted by Crippen LogP contribution is 2.14. The number of halogens is 1. The van der Waals surface area contributed by atoms with Crippen LogP contribution in [0.1, 0.15) is 49.7 Å². The second-order valence-corrected chi connectivity index (χ2v) is 8.07. The van der Waals surface area contributed by atoms with Gasteiger partial charge in [-0.3, -0.25) is 9.89 Å². The van der Waals surface area contributed by atoms with Gasteiger partial charge < -0.3 is 20.1 Å². The zero-order valence-corrected chi connectivity index (χ0v) is 20.7. The largest absolute Gasteiger partial charge is 0.379 e. The van der Waals surface area contributed by atoms with Gasteiger partial charge in [-0.2, -0.15) is 0 Å². The van der Waals surface area contributed by atoms with E-state index in [1.807, 2.05) is 7.05 Å². The van der Waals surface area contributed by atoms with E-state index in [1.165, 1.54) is 49.9 Å². The van der Waals surface area contributed by atoms with Crippen molar-refractivity contribution in [2.75, 3.05) is 46.5 Å². The van der Waals surface area contributed by atoms with Crippen LogP contribution in [-0.4, -0.2) is 63.5 Å². The number of rotatable bonds is 9. The Labute approximate surface area is 199 Å². The van der Waals surface area contributed by atoms with Crippen molar-refractivity contribution in [2.24, 2.45) is 4.99 Å². The average molecular weight is 530 g/mol. The van der Waals surface area contributed by atoms with Crippen molar-refractivity contribution in [3.05, 3.63) is 35.4 Å². The van der Waals surface area contributed by atoms with E-state index in [9.17, 15) is 0 Å². The Kier molecular flexibility index (Phi) is 12.7. The standard InChI is InChI=1S/C23H38N4O2.HI/c1-24-23(25-11-7-14-29-22-10-15-28-19-22)26-17-20-8-6-9-21(16-20)18-27-12-4-2-3-5-13-27;/h6,8-9,16,22H,2-5,7,10-15,17-19H2,1H3,(H2,24,25,26);1H. The summed E-state index contributed by atoms with van der Waals surface area (Å²) < 4.78 is 11.1. The van der Waals surface area contributed by atoms with E-state index in [1.54, 1.807) is 0 Å². The van der Waals surface area contributed by atoms with Gasteiger partial charge in [-0.05, 0) is 49.9 Å². The summed E-state index contributed by atoms with van der Waals surface area (Å²) in [5.41, 5.74) is 2.70. The van der Waals surface area contributed by atoms with E-state index in [-0.39, 0.29) is 30.1 Å². The number of hydrogen-bond acceptors (Lipinski definition) is 4. The number of nitrogens with zero attached hydrogens (tertiary/aromatic N) is 2. The first-order valence-electron chi connectivity index (χ1n) is 11.3. The molecule has 1 aromatic rings. The highest BCUT2D eigenvalue weighted by atomic mass is 127. The van der Waals surface area contributed by atoms with Crippen LogP contribution in [0.2, 0.25) is 0 Å². The lowest BCUT2D eigenvalue weighted by Crippen LogP contribution is -2.37. The van der Waals surface area contributed by atoms with Crippen molar-refractivity contribution in [1.29, 1.82) is 0 Å². The third-order valence-electron chi connectivity index (χ3n) is 5.63. The molecule has 2 saturated heterocycles. The number of likely N-dealkylation sites (tertiary alicyclic amines) is 1. The van der Waals surface area contributed by atoms with Gasteiger partial charge in [0.2, 0.25) is 0 Å². The molecular weight excluding hydrogens is 491 g/mol. The fraction of sp³-hybridized carbons (Fsp3) is 0.696. The van der Waals surface area contributed by atoms with E-state index in [2.05, 4.69) is 44.8 Å². The molecule has 2 heterocycles. The van der Waals surface area contributed by atoms with E-state index in [0.717, 1.165) is 58.3 Å². The van der Waals surface area contributed by atoms with E-state index >= 15 is 0 Å². The molecule has 0 saturated carbocycles. The first-order chi connectivity index (χ1) is 14.3. The van der Waals surface area contributed by atoms with E-state index in [4.69, 9.17) is 9.47 Å². The van der Waals surface area contributed by atoms with E-state index < -0.39 is 0 Å². The first kappa shape index (κ1) is 25.4. The maximum atomic E-state index is 5.80. The van der Waals surface area contributed by atoms with Gasteiger partial charge in [-0.1, -0.05) is 37.1 Å². The minimum Gasteiger partial charge on any atom is -0.379 e. The highest BCUT2D eigenvalue weighted by molar-refractivity contribution is 14.0. The monoisotopic (exact) mass is 530 g/mol. The Morgan fingerprint density at radius 3 is 2.70 bits per heavy atom. The van der Waals surface area contributed by atoms with Gasteiger partial charge in [-0.25, -0.2) is 0 Å². The summed E-state index contributed by atoms with van der Waals surface area (Å²) in [6, 6.07) is 8.92. The molecular formula is C23H39IN4O2. The summed E-state index contributed by atoms with van der Waals surface area (Å²) in [6.07, 6.45) is 7.71. The Morgan fingerprint density at radius 2 is 1.97 bits per heavy atom. The summed E-state index contributed by atoms with van der Waals surface area (Å²) in [5.74, 6) is 0.840. The van der Waals surface area contributed by atoms with Crippen molar-refractivity contribution in [3.8, 4) is 0 Å². The average Bonchev–Trinajstić information content (AvgIpc) is 3.13. The van der Waals surface area contributed by atoms with Gasteiger partial charge in [0.15, 0.2) is 5.96 Å². The van der Waals surface area contributed by atoms with E-state index in [0.29, 0.717) is 0 Å². The van der Waals surface area contributed by atoms with Crippen molar-refractivity contribution in [3.63, 3.8) is 0 Å². The van der Waals surface area contributed by atoms with Crippen molar-refractivity contribution in [1.82, 2.24) is 15.5 Å². The molecule has 30 heavy (non-hydrogen) atoms. The molecule has 1 unspecified atom stereocenters. The summed E-state index contributed by atoms with van der Waals surface area (Å²) in [7, 11) is 1.82. The van der Waals surface area contributed by atoms with Crippen LogP contribution in [0.3, 0.4) is 0 Å². The van der Waals surface area contributed by atoms with Crippen LogP contribution in [0.15, 0.2) is 29.3 Å². The molecule has 3 rings (SSSR count). The summed E-state index contributed by atoms with van der Waals surface area (Å²) in [6.45, 7) is 7.49. The second-order valence-electron chi connectivity index (χ2n) is 8.07. The molecule has 1 atom stereocenters. The van der Waals surface area contributed by atoms with Gasteiger partial charge in [0.25, 0.3) is 0 Å². The number of nitrogens with one attached hydrogen (secondary N) is 2. The highest BCUT2D eigenvalue weighted by Gasteiger charge is 2.15. The molecule has 2 fully saturated rings. The molecule has 2 aliphatic rings. The number of benzene rings is 1. The topological polar surface area (TPSA) is 58.1 Å². The van der Waals surface area contributed by atoms with Crippen molar-refractivity contribution >= 4 is 29.9 Å². The number of hydrogen-bond donors (Lipinski definition) is 2. The molecule has 2 N–H and O–H groups in total. The fourth-order valence-electron chi connectivity index (χ4n) is 3.97. The van der Waals surface area contributed by atoms with Crippen LogP contribution < -0.4 is 10.6 Å². The lowest BCUT2D eigenvalue weighted by molar-refractivity contribution is 0.0420. The van der Waals surface area contributed by atoms with Crippen LogP contribution in [0.5, 0.6) is 0 Å². The normalized spacial score (nSPS) is 20.4. The predicted octanol–water partition coefficient (Wildman–Crippen LogP) is 3.54. The third kappa shape index (κ3) is 9.49. The number of ether oxygens (including phenoxy) is 2. The fourth-order valence-corrected chi connectivity index (χ4v) is 3.97. The molecule has 0 aromatic heterocycles. The quantitative estimate of drug-likeness (QED) is 0.222. The molecule has 6 nitrogen and oxygen atoms in total. The summed E-state index contributed by atoms with van der Waals surface area (Å²) in [5, 5.41) is 6.79. The van der Waals surface area contributed by atoms with Crippen LogP contribution in [0.4, 0.5) is 0 Å². The van der Waals surface area contributed by atoms with Crippen molar-refractivity contribution < 1.29 is 9.47 Å².